The van der Waals surface area contributed by atoms with E-state index in [1.54, 1.807) is 51.3 Å². The van der Waals surface area contributed by atoms with Gasteiger partial charge in [-0.3, -0.25) is 29.0 Å². The third kappa shape index (κ3) is 16.1. The number of ether oxygens (including phenoxy) is 2. The fourth-order valence-electron chi connectivity index (χ4n) is 4.76. The lowest BCUT2D eigenvalue weighted by Gasteiger charge is -2.34. The van der Waals surface area contributed by atoms with Crippen molar-refractivity contribution in [2.45, 2.75) is 65.6 Å². The molecule has 2 saturated heterocycles. The number of nitrogens with zero attached hydrogens (tertiary/aromatic N) is 4. The molecule has 46 heavy (non-hydrogen) atoms. The first kappa shape index (κ1) is 38.5. The Labute approximate surface area is 272 Å². The summed E-state index contributed by atoms with van der Waals surface area (Å²) in [4.78, 5) is 80.3. The highest BCUT2D eigenvalue weighted by atomic mass is 16.6. The second-order valence-electron chi connectivity index (χ2n) is 13.4. The van der Waals surface area contributed by atoms with Gasteiger partial charge >= 0.3 is 24.0 Å². The highest BCUT2D eigenvalue weighted by Crippen LogP contribution is 2.08. The summed E-state index contributed by atoms with van der Waals surface area (Å²) in [5, 5.41) is 10.3. The van der Waals surface area contributed by atoms with Gasteiger partial charge in [0.2, 0.25) is 11.8 Å². The van der Waals surface area contributed by atoms with Crippen LogP contribution in [0.4, 0.5) is 9.59 Å². The minimum atomic E-state index is -0.667. The summed E-state index contributed by atoms with van der Waals surface area (Å²) in [7, 11) is 0. The first-order valence-corrected chi connectivity index (χ1v) is 16.0. The van der Waals surface area contributed by atoms with Gasteiger partial charge in [-0.25, -0.2) is 9.59 Å². The molecule has 0 bridgehead atoms. The molecule has 16 nitrogen and oxygen atoms in total. The maximum atomic E-state index is 12.4. The van der Waals surface area contributed by atoms with Crippen LogP contribution in [0.2, 0.25) is 0 Å². The van der Waals surface area contributed by atoms with Crippen LogP contribution in [-0.2, 0) is 28.7 Å². The number of hydrogen-bond donors (Lipinski definition) is 4. The van der Waals surface area contributed by atoms with Crippen LogP contribution in [0, 0.1) is 0 Å². The van der Waals surface area contributed by atoms with Crippen LogP contribution in [0.25, 0.3) is 0 Å². The molecular weight excluding hydrogens is 600 g/mol. The second-order valence-corrected chi connectivity index (χ2v) is 13.4. The van der Waals surface area contributed by atoms with Crippen molar-refractivity contribution in [2.24, 2.45) is 0 Å². The average Bonchev–Trinajstić information content (AvgIpc) is 2.97. The monoisotopic (exact) mass is 654 g/mol. The van der Waals surface area contributed by atoms with Crippen LogP contribution in [0.15, 0.2) is 0 Å². The van der Waals surface area contributed by atoms with Crippen LogP contribution in [0.3, 0.4) is 0 Å². The molecule has 0 aromatic heterocycles. The van der Waals surface area contributed by atoms with Crippen LogP contribution >= 0.6 is 0 Å². The Hall–Kier alpha value is -3.66. The molecule has 0 saturated carbocycles. The van der Waals surface area contributed by atoms with Gasteiger partial charge in [0.25, 0.3) is 0 Å². The SMILES string of the molecule is CC(C)(C)OC(=O)NCC(=O)N1CCN(CCCNC(=O)C(=O)NCCCN2CCN(C(=O)CNC(=O)OC(C)(C)C)CC2)CC1. The molecule has 2 fully saturated rings. The van der Waals surface area contributed by atoms with Gasteiger partial charge in [-0.15, -0.1) is 0 Å². The fraction of sp³-hybridized carbons (Fsp3) is 0.800. The normalized spacial score (nSPS) is 16.3. The maximum absolute atomic E-state index is 12.4. The van der Waals surface area contributed by atoms with Crippen molar-refractivity contribution in [3.05, 3.63) is 0 Å². The molecular formula is C30H54N8O8. The molecule has 2 rings (SSSR count). The van der Waals surface area contributed by atoms with Crippen molar-refractivity contribution in [1.82, 2.24) is 40.9 Å². The average molecular weight is 655 g/mol. The first-order chi connectivity index (χ1) is 21.5. The lowest BCUT2D eigenvalue weighted by atomic mass is 10.2. The lowest BCUT2D eigenvalue weighted by molar-refractivity contribution is -0.139. The van der Waals surface area contributed by atoms with E-state index in [1.165, 1.54) is 0 Å². The van der Waals surface area contributed by atoms with Crippen molar-refractivity contribution >= 4 is 35.8 Å². The highest BCUT2D eigenvalue weighted by molar-refractivity contribution is 6.35. The number of hydrogen-bond acceptors (Lipinski definition) is 10. The van der Waals surface area contributed by atoms with E-state index in [1.807, 2.05) is 0 Å². The van der Waals surface area contributed by atoms with Gasteiger partial charge in [-0.1, -0.05) is 0 Å². The minimum Gasteiger partial charge on any atom is -0.444 e. The molecule has 262 valence electrons. The van der Waals surface area contributed by atoms with Gasteiger partial charge in [0.1, 0.15) is 24.3 Å². The van der Waals surface area contributed by atoms with Crippen molar-refractivity contribution in [3.8, 4) is 0 Å². The largest absolute Gasteiger partial charge is 0.444 e. The van der Waals surface area contributed by atoms with E-state index >= 15 is 0 Å². The Morgan fingerprint density at radius 1 is 0.522 bits per heavy atom. The topological polar surface area (TPSA) is 182 Å². The summed E-state index contributed by atoms with van der Waals surface area (Å²) in [5.41, 5.74) is -1.25. The molecule has 16 heteroatoms. The number of amides is 6. The number of carbonyl (C=O) groups is 6. The van der Waals surface area contributed by atoms with Gasteiger partial charge in [0.05, 0.1) is 0 Å². The number of nitrogens with one attached hydrogen (secondary N) is 4. The summed E-state index contributed by atoms with van der Waals surface area (Å²) in [5.74, 6) is -1.66. The number of rotatable bonds is 12. The molecule has 2 heterocycles. The molecule has 2 aliphatic rings. The van der Waals surface area contributed by atoms with E-state index < -0.39 is 35.2 Å². The molecule has 2 aliphatic heterocycles. The van der Waals surface area contributed by atoms with E-state index in [-0.39, 0.29) is 24.9 Å². The molecule has 0 aromatic rings. The zero-order valence-corrected chi connectivity index (χ0v) is 28.4. The third-order valence-corrected chi connectivity index (χ3v) is 7.10. The smallest absolute Gasteiger partial charge is 0.408 e. The van der Waals surface area contributed by atoms with Crippen molar-refractivity contribution in [2.75, 3.05) is 91.6 Å². The molecule has 0 aromatic carbocycles. The van der Waals surface area contributed by atoms with Crippen molar-refractivity contribution in [3.63, 3.8) is 0 Å². The van der Waals surface area contributed by atoms with Gasteiger partial charge < -0.3 is 40.5 Å². The van der Waals surface area contributed by atoms with Gasteiger partial charge in [0, 0.05) is 65.4 Å². The minimum absolute atomic E-state index is 0.111. The quantitative estimate of drug-likeness (QED) is 0.156. The van der Waals surface area contributed by atoms with E-state index in [0.29, 0.717) is 78.3 Å². The molecule has 0 unspecified atom stereocenters. The van der Waals surface area contributed by atoms with Gasteiger partial charge in [-0.2, -0.15) is 0 Å². The molecule has 0 spiro atoms. The van der Waals surface area contributed by atoms with E-state index in [9.17, 15) is 28.8 Å². The second kappa shape index (κ2) is 18.5. The fourth-order valence-corrected chi connectivity index (χ4v) is 4.76. The van der Waals surface area contributed by atoms with Crippen LogP contribution in [0.1, 0.15) is 54.4 Å². The zero-order valence-electron chi connectivity index (χ0n) is 28.4. The third-order valence-electron chi connectivity index (χ3n) is 7.10. The van der Waals surface area contributed by atoms with Crippen LogP contribution in [-0.4, -0.2) is 158 Å². The Bertz CT molecular complexity index is 960. The summed E-state index contributed by atoms with van der Waals surface area (Å²) in [6.45, 7) is 17.4. The maximum Gasteiger partial charge on any atom is 0.408 e. The number of piperazine rings is 2. The van der Waals surface area contributed by atoms with E-state index in [0.717, 1.165) is 13.1 Å². The van der Waals surface area contributed by atoms with Crippen LogP contribution < -0.4 is 21.3 Å². The molecule has 6 amide bonds. The number of alkyl carbamates (subject to hydrolysis) is 2. The molecule has 0 radical (unpaired) electrons. The summed E-state index contributed by atoms with van der Waals surface area (Å²) >= 11 is 0. The van der Waals surface area contributed by atoms with E-state index in [2.05, 4.69) is 31.1 Å². The summed E-state index contributed by atoms with van der Waals surface area (Å²) < 4.78 is 10.3. The Balaban J connectivity index is 1.48. The highest BCUT2D eigenvalue weighted by Gasteiger charge is 2.24. The summed E-state index contributed by atoms with van der Waals surface area (Å²) in [6.07, 6.45) is 0.0884. The molecule has 0 aliphatic carbocycles. The van der Waals surface area contributed by atoms with Crippen LogP contribution in [0.5, 0.6) is 0 Å². The molecule has 4 N–H and O–H groups in total. The summed E-state index contributed by atoms with van der Waals surface area (Å²) in [6, 6.07) is 0. The number of carbonyl (C=O) groups excluding carboxylic acids is 6. The Morgan fingerprint density at radius 3 is 1.15 bits per heavy atom. The first-order valence-electron chi connectivity index (χ1n) is 16.0. The molecule has 0 atom stereocenters. The van der Waals surface area contributed by atoms with Gasteiger partial charge in [-0.05, 0) is 67.5 Å². The Morgan fingerprint density at radius 2 is 0.848 bits per heavy atom. The zero-order chi connectivity index (χ0) is 34.3. The Kier molecular flexibility index (Phi) is 15.5. The predicted octanol–water partition coefficient (Wildman–Crippen LogP) is -0.663. The van der Waals surface area contributed by atoms with Crippen molar-refractivity contribution < 1.29 is 38.2 Å². The predicted molar refractivity (Wildman–Crippen MR) is 170 cm³/mol. The lowest BCUT2D eigenvalue weighted by Crippen LogP contribution is -2.52. The van der Waals surface area contributed by atoms with Crippen molar-refractivity contribution in [1.29, 1.82) is 0 Å². The van der Waals surface area contributed by atoms with E-state index in [4.69, 9.17) is 9.47 Å². The standard InChI is InChI=1S/C30H54N8O8/c1-29(2,3)45-27(43)33-21-23(39)37-17-13-35(14-18-37)11-7-9-31-25(41)26(42)32-10-8-12-36-15-19-38(20-16-36)24(40)22-34-28(44)46-30(4,5)6/h7-22H2,1-6H3,(H,31,41)(H,32,42)(H,33,43)(H,34,44). The van der Waals surface area contributed by atoms with Gasteiger partial charge in [0.15, 0.2) is 0 Å².